The van der Waals surface area contributed by atoms with Crippen LogP contribution in [0.3, 0.4) is 0 Å². The summed E-state index contributed by atoms with van der Waals surface area (Å²) in [6, 6.07) is 25.6. The van der Waals surface area contributed by atoms with Crippen LogP contribution in [0, 0.1) is 0 Å². The fourth-order valence-corrected chi connectivity index (χ4v) is 4.69. The van der Waals surface area contributed by atoms with Crippen molar-refractivity contribution in [1.82, 2.24) is 20.1 Å². The van der Waals surface area contributed by atoms with Gasteiger partial charge in [-0.1, -0.05) is 59.8 Å². The Balaban J connectivity index is 1.42. The van der Waals surface area contributed by atoms with E-state index in [2.05, 4.69) is 20.8 Å². The van der Waals surface area contributed by atoms with Crippen molar-refractivity contribution in [2.45, 2.75) is 15.8 Å². The van der Waals surface area contributed by atoms with E-state index >= 15 is 0 Å². The first-order valence-corrected chi connectivity index (χ1v) is 12.6. The maximum Gasteiger partial charge on any atom is 0.325 e. The Morgan fingerprint density at radius 2 is 1.53 bits per heavy atom. The van der Waals surface area contributed by atoms with E-state index in [-0.39, 0.29) is 5.75 Å². The first-order chi connectivity index (χ1) is 16.6. The van der Waals surface area contributed by atoms with Crippen LogP contribution in [-0.4, -0.2) is 32.5 Å². The Labute approximate surface area is 210 Å². The lowest BCUT2D eigenvalue weighted by atomic mass is 10.3. The Hall–Kier alpha value is -3.27. The minimum absolute atomic E-state index is 0.0114. The Kier molecular flexibility index (Phi) is 8.24. The van der Waals surface area contributed by atoms with E-state index in [1.165, 1.54) is 11.8 Å². The second-order valence-corrected chi connectivity index (χ2v) is 9.40. The molecule has 0 fully saturated rings. The number of rotatable bonds is 8. The van der Waals surface area contributed by atoms with Crippen LogP contribution < -0.4 is 10.6 Å². The summed E-state index contributed by atoms with van der Waals surface area (Å²) >= 11 is 8.80. The third kappa shape index (κ3) is 6.63. The SMILES string of the molecule is O=C(CSc1nnc(CSc2ccc(Cl)cc2)n1-c1ccccc1)NC(=O)Nc1ccccc1. The molecular weight excluding hydrogens is 490 g/mol. The van der Waals surface area contributed by atoms with Crippen LogP contribution in [0.2, 0.25) is 5.02 Å². The summed E-state index contributed by atoms with van der Waals surface area (Å²) in [7, 11) is 0. The highest BCUT2D eigenvalue weighted by Gasteiger charge is 2.17. The van der Waals surface area contributed by atoms with Gasteiger partial charge in [-0.25, -0.2) is 4.79 Å². The van der Waals surface area contributed by atoms with Gasteiger partial charge in [0.25, 0.3) is 0 Å². The van der Waals surface area contributed by atoms with Gasteiger partial charge in [-0.15, -0.1) is 22.0 Å². The average molecular weight is 510 g/mol. The van der Waals surface area contributed by atoms with Crippen molar-refractivity contribution < 1.29 is 9.59 Å². The van der Waals surface area contributed by atoms with Crippen molar-refractivity contribution in [2.75, 3.05) is 11.1 Å². The zero-order chi connectivity index (χ0) is 23.8. The van der Waals surface area contributed by atoms with Gasteiger partial charge < -0.3 is 5.32 Å². The van der Waals surface area contributed by atoms with Crippen LogP contribution in [0.1, 0.15) is 5.82 Å². The average Bonchev–Trinajstić information content (AvgIpc) is 3.26. The second-order valence-electron chi connectivity index (χ2n) is 6.97. The molecule has 1 aromatic heterocycles. The number of nitrogens with zero attached hydrogens (tertiary/aromatic N) is 3. The van der Waals surface area contributed by atoms with Gasteiger partial charge in [0.1, 0.15) is 5.82 Å². The molecule has 0 aliphatic heterocycles. The molecular formula is C24H20ClN5O2S2. The van der Waals surface area contributed by atoms with Crippen LogP contribution in [0.4, 0.5) is 10.5 Å². The van der Waals surface area contributed by atoms with E-state index in [0.29, 0.717) is 21.6 Å². The van der Waals surface area contributed by atoms with Gasteiger partial charge >= 0.3 is 6.03 Å². The number of hydrogen-bond donors (Lipinski definition) is 2. The largest absolute Gasteiger partial charge is 0.325 e. The van der Waals surface area contributed by atoms with Crippen LogP contribution >= 0.6 is 35.1 Å². The molecule has 3 aromatic carbocycles. The van der Waals surface area contributed by atoms with Crippen LogP contribution in [0.25, 0.3) is 5.69 Å². The molecule has 1 heterocycles. The molecule has 0 bridgehead atoms. The van der Waals surface area contributed by atoms with Gasteiger partial charge in [-0.3, -0.25) is 14.7 Å². The third-order valence-electron chi connectivity index (χ3n) is 4.51. The van der Waals surface area contributed by atoms with Crippen LogP contribution in [0.5, 0.6) is 0 Å². The van der Waals surface area contributed by atoms with E-state index in [0.717, 1.165) is 16.4 Å². The maximum atomic E-state index is 12.3. The number of carbonyl (C=O) groups excluding carboxylic acids is 2. The maximum absolute atomic E-state index is 12.3. The number of amides is 3. The minimum Gasteiger partial charge on any atom is -0.308 e. The highest BCUT2D eigenvalue weighted by Crippen LogP contribution is 2.28. The molecule has 172 valence electrons. The summed E-state index contributed by atoms with van der Waals surface area (Å²) in [5.74, 6) is 0.904. The number of nitrogens with one attached hydrogen (secondary N) is 2. The van der Waals surface area contributed by atoms with E-state index in [9.17, 15) is 9.59 Å². The molecule has 7 nitrogen and oxygen atoms in total. The lowest BCUT2D eigenvalue weighted by Crippen LogP contribution is -2.35. The Morgan fingerprint density at radius 1 is 0.853 bits per heavy atom. The molecule has 10 heteroatoms. The summed E-state index contributed by atoms with van der Waals surface area (Å²) < 4.78 is 1.92. The molecule has 0 spiro atoms. The Bertz CT molecular complexity index is 1250. The van der Waals surface area contributed by atoms with Crippen LogP contribution in [0.15, 0.2) is 95.0 Å². The summed E-state index contributed by atoms with van der Waals surface area (Å²) in [6.07, 6.45) is 0. The van der Waals surface area contributed by atoms with Gasteiger partial charge in [-0.2, -0.15) is 0 Å². The quantitative estimate of drug-likeness (QED) is 0.298. The summed E-state index contributed by atoms with van der Waals surface area (Å²) in [5.41, 5.74) is 1.50. The molecule has 0 radical (unpaired) electrons. The number of halogens is 1. The highest BCUT2D eigenvalue weighted by atomic mass is 35.5. The van der Waals surface area contributed by atoms with Gasteiger partial charge in [0, 0.05) is 21.3 Å². The normalized spacial score (nSPS) is 10.6. The topological polar surface area (TPSA) is 88.9 Å². The predicted molar refractivity (Wildman–Crippen MR) is 137 cm³/mol. The molecule has 0 saturated carbocycles. The van der Waals surface area contributed by atoms with Crippen LogP contribution in [-0.2, 0) is 10.5 Å². The number of carbonyl (C=O) groups is 2. The predicted octanol–water partition coefficient (Wildman–Crippen LogP) is 5.65. The number of anilines is 1. The summed E-state index contributed by atoms with van der Waals surface area (Å²) in [5, 5.41) is 14.9. The van der Waals surface area contributed by atoms with E-state index in [1.54, 1.807) is 36.0 Å². The van der Waals surface area contributed by atoms with Gasteiger partial charge in [0.15, 0.2) is 5.16 Å². The van der Waals surface area contributed by atoms with E-state index in [1.807, 2.05) is 65.2 Å². The summed E-state index contributed by atoms with van der Waals surface area (Å²) in [4.78, 5) is 25.5. The molecule has 0 aliphatic rings. The second kappa shape index (κ2) is 11.7. The standard InChI is InChI=1S/C24H20ClN5O2S2/c25-17-11-13-20(14-12-17)33-15-21-28-29-24(30(21)19-9-5-2-6-10-19)34-16-22(31)27-23(32)26-18-7-3-1-4-8-18/h1-14H,15-16H2,(H2,26,27,31,32). The number of imide groups is 1. The lowest BCUT2D eigenvalue weighted by molar-refractivity contribution is -0.117. The van der Waals surface area contributed by atoms with Gasteiger partial charge in [-0.05, 0) is 48.5 Å². The number of urea groups is 1. The molecule has 4 rings (SSSR count). The van der Waals surface area contributed by atoms with Crippen molar-refractivity contribution >= 4 is 52.8 Å². The monoisotopic (exact) mass is 509 g/mol. The van der Waals surface area contributed by atoms with E-state index < -0.39 is 11.9 Å². The fraction of sp³-hybridized carbons (Fsp3) is 0.0833. The Morgan fingerprint density at radius 3 is 2.24 bits per heavy atom. The molecule has 4 aromatic rings. The van der Waals surface area contributed by atoms with Crippen molar-refractivity contribution in [1.29, 1.82) is 0 Å². The highest BCUT2D eigenvalue weighted by molar-refractivity contribution is 7.99. The lowest BCUT2D eigenvalue weighted by Gasteiger charge is -2.10. The smallest absolute Gasteiger partial charge is 0.308 e. The number of para-hydroxylation sites is 2. The number of benzene rings is 3. The molecule has 0 unspecified atom stereocenters. The minimum atomic E-state index is -0.582. The van der Waals surface area contributed by atoms with Crippen molar-refractivity contribution in [3.63, 3.8) is 0 Å². The first kappa shape index (κ1) is 23.9. The molecule has 2 N–H and O–H groups in total. The zero-order valence-electron chi connectivity index (χ0n) is 17.8. The zero-order valence-corrected chi connectivity index (χ0v) is 20.2. The third-order valence-corrected chi connectivity index (χ3v) is 6.70. The first-order valence-electron chi connectivity index (χ1n) is 10.3. The van der Waals surface area contributed by atoms with Gasteiger partial charge in [0.05, 0.1) is 11.5 Å². The molecule has 34 heavy (non-hydrogen) atoms. The van der Waals surface area contributed by atoms with Gasteiger partial charge in [0.2, 0.25) is 5.91 Å². The molecule has 0 saturated heterocycles. The van der Waals surface area contributed by atoms with E-state index in [4.69, 9.17) is 11.6 Å². The van der Waals surface area contributed by atoms with Crippen molar-refractivity contribution in [3.05, 3.63) is 95.8 Å². The van der Waals surface area contributed by atoms with Crippen molar-refractivity contribution in [2.24, 2.45) is 0 Å². The molecule has 0 atom stereocenters. The number of aromatic nitrogens is 3. The van der Waals surface area contributed by atoms with Crippen molar-refractivity contribution in [3.8, 4) is 5.69 Å². The summed E-state index contributed by atoms with van der Waals surface area (Å²) in [6.45, 7) is 0. The molecule has 3 amide bonds. The number of thioether (sulfide) groups is 2. The molecule has 0 aliphatic carbocycles. The fourth-order valence-electron chi connectivity index (χ4n) is 2.98. The number of hydrogen-bond acceptors (Lipinski definition) is 6.